The highest BCUT2D eigenvalue weighted by atomic mass is 14.8. The number of aromatic nitrogens is 2. The number of benzene rings is 3. The molecule has 5 aromatic rings. The Morgan fingerprint density at radius 1 is 0.417 bits per heavy atom. The first kappa shape index (κ1) is 34.3. The Balaban J connectivity index is 1.90. The smallest absolute Gasteiger partial charge is 0.0971 e. The van der Waals surface area contributed by atoms with E-state index >= 15 is 0 Å². The highest BCUT2D eigenvalue weighted by Gasteiger charge is 2.34. The van der Waals surface area contributed by atoms with Gasteiger partial charge in [0.05, 0.1) is 22.4 Å². The molecule has 8 bridgehead atoms. The van der Waals surface area contributed by atoms with Crippen LogP contribution in [0.2, 0.25) is 0 Å². The Hall–Kier alpha value is -3.52. The van der Waals surface area contributed by atoms with Crippen LogP contribution in [0.4, 0.5) is 0 Å². The summed E-state index contributed by atoms with van der Waals surface area (Å²) < 4.78 is 0. The Kier molecular flexibility index (Phi) is 7.51. The number of fused-ring (bicyclic) bond motifs is 7. The maximum Gasteiger partial charge on any atom is 0.0971 e. The number of rotatable bonds is 0. The van der Waals surface area contributed by atoms with Crippen molar-refractivity contribution in [2.45, 2.75) is 143 Å². The zero-order valence-electron chi connectivity index (χ0n) is 32.7. The summed E-state index contributed by atoms with van der Waals surface area (Å²) in [5.41, 5.74) is 13.8. The van der Waals surface area contributed by atoms with Crippen molar-refractivity contribution in [1.29, 1.82) is 0 Å². The molecule has 2 nitrogen and oxygen atoms in total. The van der Waals surface area contributed by atoms with Gasteiger partial charge in [0.2, 0.25) is 0 Å². The summed E-state index contributed by atoms with van der Waals surface area (Å²) in [5, 5.41) is 2.40. The molecule has 0 spiro atoms. The highest BCUT2D eigenvalue weighted by molar-refractivity contribution is 6.06. The van der Waals surface area contributed by atoms with Crippen LogP contribution < -0.4 is 0 Å². The van der Waals surface area contributed by atoms with Crippen molar-refractivity contribution in [3.05, 3.63) is 105 Å². The van der Waals surface area contributed by atoms with Gasteiger partial charge in [-0.15, -0.1) is 0 Å². The van der Waals surface area contributed by atoms with Crippen molar-refractivity contribution in [3.63, 3.8) is 0 Å². The summed E-state index contributed by atoms with van der Waals surface area (Å²) in [6.07, 6.45) is 0. The topological polar surface area (TPSA) is 25.8 Å². The van der Waals surface area contributed by atoms with Gasteiger partial charge < -0.3 is 0 Å². The number of hydrogen-bond acceptors (Lipinski definition) is 2. The molecule has 3 aromatic carbocycles. The number of pyridine rings is 2. The van der Waals surface area contributed by atoms with Crippen LogP contribution >= 0.6 is 0 Å². The van der Waals surface area contributed by atoms with Crippen molar-refractivity contribution in [3.8, 4) is 11.1 Å². The Labute approximate surface area is 290 Å². The van der Waals surface area contributed by atoms with Gasteiger partial charge in [-0.1, -0.05) is 159 Å². The predicted octanol–water partition coefficient (Wildman–Crippen LogP) is 12.6. The molecule has 0 radical (unpaired) electrons. The molecule has 6 rings (SSSR count). The normalized spacial score (nSPS) is 16.2. The molecule has 252 valence electrons. The minimum Gasteiger partial charge on any atom is -0.250 e. The van der Waals surface area contributed by atoms with E-state index < -0.39 is 0 Å². The average Bonchev–Trinajstić information content (AvgIpc) is 2.97. The lowest BCUT2D eigenvalue weighted by atomic mass is 9.72. The molecule has 0 atom stereocenters. The van der Waals surface area contributed by atoms with E-state index in [-0.39, 0.29) is 32.5 Å². The number of hydrogen-bond donors (Lipinski definition) is 0. The summed E-state index contributed by atoms with van der Waals surface area (Å²) in [4.78, 5) is 11.3. The van der Waals surface area contributed by atoms with Crippen LogP contribution in [-0.4, -0.2) is 9.97 Å². The monoisotopic (exact) mass is 638 g/mol. The van der Waals surface area contributed by atoms with Crippen LogP contribution in [0, 0.1) is 0 Å². The lowest BCUT2D eigenvalue weighted by Crippen LogP contribution is -2.26. The SMILES string of the molecule is CC(C)(C)c1cc2cc(c1)C(C)(C)c1cc(C(C)(C)C)c3ccc4c(C(C)(C)C)cc(nc4c3n1)C(C)(C)c1cc-2cc(C(C)(C)C)c1. The lowest BCUT2D eigenvalue weighted by molar-refractivity contribution is 0.569. The molecular weight excluding hydrogens is 581 g/mol. The zero-order chi connectivity index (χ0) is 35.6. The van der Waals surface area contributed by atoms with Crippen LogP contribution in [0.1, 0.15) is 156 Å². The minimum atomic E-state index is -0.356. The summed E-state index contributed by atoms with van der Waals surface area (Å²) in [7, 11) is 0. The summed E-state index contributed by atoms with van der Waals surface area (Å²) >= 11 is 0. The Bertz CT molecular complexity index is 1940. The number of nitrogens with zero attached hydrogens (tertiary/aromatic N) is 2. The van der Waals surface area contributed by atoms with Gasteiger partial charge in [-0.3, -0.25) is 0 Å². The maximum absolute atomic E-state index is 5.65. The molecule has 48 heavy (non-hydrogen) atoms. The van der Waals surface area contributed by atoms with Gasteiger partial charge in [0.1, 0.15) is 0 Å². The van der Waals surface area contributed by atoms with E-state index in [0.29, 0.717) is 0 Å². The first-order chi connectivity index (χ1) is 21.8. The molecule has 0 N–H and O–H groups in total. The van der Waals surface area contributed by atoms with Crippen molar-refractivity contribution in [2.24, 2.45) is 0 Å². The van der Waals surface area contributed by atoms with Gasteiger partial charge in [-0.2, -0.15) is 0 Å². The molecule has 0 saturated heterocycles. The van der Waals surface area contributed by atoms with Crippen molar-refractivity contribution >= 4 is 21.8 Å². The second-order valence-electron chi connectivity index (χ2n) is 19.8. The molecule has 0 amide bonds. The third kappa shape index (κ3) is 5.68. The zero-order valence-corrected chi connectivity index (χ0v) is 32.7. The molecule has 2 aromatic heterocycles. The third-order valence-electron chi connectivity index (χ3n) is 11.0. The maximum atomic E-state index is 5.65. The largest absolute Gasteiger partial charge is 0.250 e. The van der Waals surface area contributed by atoms with E-state index in [1.54, 1.807) is 0 Å². The van der Waals surface area contributed by atoms with E-state index in [1.165, 1.54) is 55.3 Å². The first-order valence-corrected chi connectivity index (χ1v) is 17.9. The van der Waals surface area contributed by atoms with Crippen LogP contribution in [0.25, 0.3) is 32.9 Å². The van der Waals surface area contributed by atoms with Gasteiger partial charge >= 0.3 is 0 Å². The molecular formula is C46H58N2. The fourth-order valence-corrected chi connectivity index (χ4v) is 7.33. The standard InChI is InChI=1S/C46H58N2/c1-41(2,3)29-19-27-21-31(23-29)45(13,14)37-25-35(43(7,8)9)33-17-18-34-36(44(10,11)12)26-38(48-40(34)39(33)47-37)46(15,16)32-22-28(27)20-30(24-32)42(4,5)6/h17-26H,1-16H3. The Morgan fingerprint density at radius 2 is 0.750 bits per heavy atom. The quantitative estimate of drug-likeness (QED) is 0.158. The highest BCUT2D eigenvalue weighted by Crippen LogP contribution is 2.45. The van der Waals surface area contributed by atoms with Gasteiger partial charge in [0.15, 0.2) is 0 Å². The van der Waals surface area contributed by atoms with Crippen molar-refractivity contribution in [1.82, 2.24) is 9.97 Å². The van der Waals surface area contributed by atoms with E-state index in [2.05, 4.69) is 171 Å². The fourth-order valence-electron chi connectivity index (χ4n) is 7.33. The molecule has 2 heteroatoms. The van der Waals surface area contributed by atoms with Crippen LogP contribution in [-0.2, 0) is 32.5 Å². The van der Waals surface area contributed by atoms with Crippen LogP contribution in [0.5, 0.6) is 0 Å². The van der Waals surface area contributed by atoms with Crippen molar-refractivity contribution in [2.75, 3.05) is 0 Å². The molecule has 1 aliphatic rings. The lowest BCUT2D eigenvalue weighted by Gasteiger charge is -2.33. The molecule has 0 aliphatic carbocycles. The molecule has 3 heterocycles. The third-order valence-corrected chi connectivity index (χ3v) is 11.0. The van der Waals surface area contributed by atoms with Gasteiger partial charge in [0.25, 0.3) is 0 Å². The second-order valence-corrected chi connectivity index (χ2v) is 19.8. The molecule has 1 aliphatic heterocycles. The van der Waals surface area contributed by atoms with E-state index in [0.717, 1.165) is 22.4 Å². The van der Waals surface area contributed by atoms with E-state index in [4.69, 9.17) is 9.97 Å². The van der Waals surface area contributed by atoms with Crippen LogP contribution in [0.3, 0.4) is 0 Å². The average molecular weight is 639 g/mol. The van der Waals surface area contributed by atoms with Crippen molar-refractivity contribution < 1.29 is 0 Å². The van der Waals surface area contributed by atoms with E-state index in [1.807, 2.05) is 0 Å². The Morgan fingerprint density at radius 3 is 1.04 bits per heavy atom. The minimum absolute atomic E-state index is 0.0136. The van der Waals surface area contributed by atoms with Gasteiger partial charge in [-0.25, -0.2) is 9.97 Å². The second kappa shape index (κ2) is 10.5. The van der Waals surface area contributed by atoms with Gasteiger partial charge in [0, 0.05) is 21.6 Å². The molecule has 0 unspecified atom stereocenters. The summed E-state index contributed by atoms with van der Waals surface area (Å²) in [5.74, 6) is 0. The molecule has 0 saturated carbocycles. The summed E-state index contributed by atoms with van der Waals surface area (Å²) in [6, 6.07) is 24.0. The predicted molar refractivity (Wildman–Crippen MR) is 208 cm³/mol. The van der Waals surface area contributed by atoms with E-state index in [9.17, 15) is 0 Å². The van der Waals surface area contributed by atoms with Gasteiger partial charge in [-0.05, 0) is 78.3 Å². The summed E-state index contributed by atoms with van der Waals surface area (Å²) in [6.45, 7) is 37.4. The van der Waals surface area contributed by atoms with Crippen LogP contribution in [0.15, 0.2) is 60.7 Å². The fraction of sp³-hybridized carbons (Fsp3) is 0.478. The first-order valence-electron chi connectivity index (χ1n) is 17.9. The molecule has 0 fully saturated rings.